The summed E-state index contributed by atoms with van der Waals surface area (Å²) < 4.78 is 81.4. The molecule has 23 heavy (non-hydrogen) atoms. The molecule has 0 aliphatic rings. The molecule has 0 spiro atoms. The van der Waals surface area contributed by atoms with Gasteiger partial charge >= 0.3 is 5.97 Å². The van der Waals surface area contributed by atoms with Crippen molar-refractivity contribution in [3.63, 3.8) is 0 Å². The summed E-state index contributed by atoms with van der Waals surface area (Å²) in [5.41, 5.74) is -3.65. The molecule has 0 saturated heterocycles. The van der Waals surface area contributed by atoms with Crippen LogP contribution in [0.1, 0.15) is 22.8 Å². The Bertz CT molecular complexity index is 787. The molecule has 0 fully saturated rings. The summed E-state index contributed by atoms with van der Waals surface area (Å²) in [5.74, 6) is -14.7. The number of hydrogen-bond acceptors (Lipinski definition) is 1. The Kier molecular flexibility index (Phi) is 4.35. The second-order valence-electron chi connectivity index (χ2n) is 4.56. The molecule has 0 aliphatic carbocycles. The van der Waals surface area contributed by atoms with E-state index in [4.69, 9.17) is 5.11 Å². The Morgan fingerprint density at radius 2 is 1.35 bits per heavy atom. The van der Waals surface area contributed by atoms with Crippen molar-refractivity contribution < 1.29 is 36.2 Å². The highest BCUT2D eigenvalue weighted by molar-refractivity contribution is 5.98. The van der Waals surface area contributed by atoms with Crippen LogP contribution in [-0.4, -0.2) is 11.1 Å². The first-order valence-corrected chi connectivity index (χ1v) is 6.28. The lowest BCUT2D eigenvalue weighted by Gasteiger charge is -2.14. The number of aromatic carboxylic acids is 1. The van der Waals surface area contributed by atoms with Crippen LogP contribution in [-0.2, 0) is 6.42 Å². The summed E-state index contributed by atoms with van der Waals surface area (Å²) in [5, 5.41) is 9.17. The summed E-state index contributed by atoms with van der Waals surface area (Å²) in [4.78, 5) is 11.3. The molecule has 2 nitrogen and oxygen atoms in total. The number of benzene rings is 2. The maximum atomic E-state index is 14.0. The second-order valence-corrected chi connectivity index (χ2v) is 4.56. The van der Waals surface area contributed by atoms with E-state index in [9.17, 15) is 31.1 Å². The van der Waals surface area contributed by atoms with Crippen LogP contribution < -0.4 is 0 Å². The third kappa shape index (κ3) is 2.54. The Morgan fingerprint density at radius 3 is 1.78 bits per heavy atom. The molecule has 122 valence electrons. The van der Waals surface area contributed by atoms with Gasteiger partial charge in [-0.15, -0.1) is 0 Å². The smallest absolute Gasteiger partial charge is 0.336 e. The molecule has 0 saturated carbocycles. The topological polar surface area (TPSA) is 37.3 Å². The van der Waals surface area contributed by atoms with Crippen LogP contribution in [0.2, 0.25) is 0 Å². The van der Waals surface area contributed by atoms with Crippen LogP contribution in [0.5, 0.6) is 0 Å². The van der Waals surface area contributed by atoms with Crippen molar-refractivity contribution >= 4 is 5.97 Å². The Morgan fingerprint density at radius 1 is 0.870 bits per heavy atom. The van der Waals surface area contributed by atoms with Crippen LogP contribution in [0.3, 0.4) is 0 Å². The number of rotatable bonds is 3. The summed E-state index contributed by atoms with van der Waals surface area (Å²) in [7, 11) is 0. The zero-order valence-electron chi connectivity index (χ0n) is 11.5. The standard InChI is InChI=1S/C15H8F6O2/c1-2-5-3-4-6(16)8(7(5)15(22)23)9-10(17)12(19)14(21)13(20)11(9)18/h3-4H,2H2,1H3,(H,22,23). The predicted molar refractivity (Wildman–Crippen MR) is 68.0 cm³/mol. The molecule has 0 unspecified atom stereocenters. The van der Waals surface area contributed by atoms with Crippen molar-refractivity contribution in [1.82, 2.24) is 0 Å². The quantitative estimate of drug-likeness (QED) is 0.512. The third-order valence-electron chi connectivity index (χ3n) is 3.30. The summed E-state index contributed by atoms with van der Waals surface area (Å²) >= 11 is 0. The molecule has 0 atom stereocenters. The Labute approximate surface area is 126 Å². The van der Waals surface area contributed by atoms with Gasteiger partial charge in [-0.05, 0) is 18.1 Å². The first kappa shape index (κ1) is 16.9. The van der Waals surface area contributed by atoms with E-state index in [2.05, 4.69) is 0 Å². The minimum absolute atomic E-state index is 0.0159. The van der Waals surface area contributed by atoms with E-state index < -0.39 is 57.6 Å². The van der Waals surface area contributed by atoms with Gasteiger partial charge in [-0.1, -0.05) is 13.0 Å². The van der Waals surface area contributed by atoms with Gasteiger partial charge in [-0.2, -0.15) is 0 Å². The Balaban J connectivity index is 3.02. The van der Waals surface area contributed by atoms with E-state index in [1.54, 1.807) is 0 Å². The molecule has 8 heteroatoms. The van der Waals surface area contributed by atoms with E-state index in [-0.39, 0.29) is 12.0 Å². The van der Waals surface area contributed by atoms with Crippen LogP contribution >= 0.6 is 0 Å². The van der Waals surface area contributed by atoms with Gasteiger partial charge in [0.2, 0.25) is 5.82 Å². The van der Waals surface area contributed by atoms with Crippen LogP contribution in [0.25, 0.3) is 11.1 Å². The minimum atomic E-state index is -2.41. The largest absolute Gasteiger partial charge is 0.478 e. The monoisotopic (exact) mass is 334 g/mol. The summed E-state index contributed by atoms with van der Waals surface area (Å²) in [6, 6.07) is 1.77. The molecule has 2 rings (SSSR count). The average molecular weight is 334 g/mol. The number of hydrogen-bond donors (Lipinski definition) is 1. The molecule has 0 aliphatic heterocycles. The van der Waals surface area contributed by atoms with E-state index in [1.165, 1.54) is 6.92 Å². The first-order valence-electron chi connectivity index (χ1n) is 6.28. The molecular weight excluding hydrogens is 326 g/mol. The third-order valence-corrected chi connectivity index (χ3v) is 3.30. The van der Waals surface area contributed by atoms with E-state index in [1.807, 2.05) is 0 Å². The van der Waals surface area contributed by atoms with Crippen LogP contribution in [0.15, 0.2) is 12.1 Å². The highest BCUT2D eigenvalue weighted by Crippen LogP contribution is 2.36. The predicted octanol–water partition coefficient (Wildman–Crippen LogP) is 4.45. The van der Waals surface area contributed by atoms with E-state index in [0.717, 1.165) is 6.07 Å². The van der Waals surface area contributed by atoms with Crippen molar-refractivity contribution in [2.75, 3.05) is 0 Å². The summed E-state index contributed by atoms with van der Waals surface area (Å²) in [6.45, 7) is 1.49. The molecule has 0 amide bonds. The fourth-order valence-corrected chi connectivity index (χ4v) is 2.23. The van der Waals surface area contributed by atoms with Crippen molar-refractivity contribution in [2.45, 2.75) is 13.3 Å². The van der Waals surface area contributed by atoms with E-state index >= 15 is 0 Å². The fraction of sp³-hybridized carbons (Fsp3) is 0.133. The number of halogens is 6. The molecule has 1 N–H and O–H groups in total. The lowest BCUT2D eigenvalue weighted by atomic mass is 9.92. The first-order chi connectivity index (χ1) is 10.7. The van der Waals surface area contributed by atoms with Crippen molar-refractivity contribution in [3.8, 4) is 11.1 Å². The molecule has 0 aromatic heterocycles. The van der Waals surface area contributed by atoms with Crippen LogP contribution in [0.4, 0.5) is 26.3 Å². The van der Waals surface area contributed by atoms with Gasteiger partial charge in [0.1, 0.15) is 5.82 Å². The van der Waals surface area contributed by atoms with Gasteiger partial charge in [0.25, 0.3) is 0 Å². The van der Waals surface area contributed by atoms with Crippen molar-refractivity contribution in [2.24, 2.45) is 0 Å². The zero-order chi connectivity index (χ0) is 17.5. The molecule has 0 heterocycles. The molecule has 2 aromatic rings. The number of carbonyl (C=O) groups is 1. The molecule has 0 bridgehead atoms. The number of aryl methyl sites for hydroxylation is 1. The fourth-order valence-electron chi connectivity index (χ4n) is 2.23. The molecule has 0 radical (unpaired) electrons. The highest BCUT2D eigenvalue weighted by Gasteiger charge is 2.31. The number of carboxylic acid groups (broad SMARTS) is 1. The lowest BCUT2D eigenvalue weighted by molar-refractivity contribution is 0.0696. The molecule has 2 aromatic carbocycles. The normalized spacial score (nSPS) is 10.9. The average Bonchev–Trinajstić information content (AvgIpc) is 2.52. The zero-order valence-corrected chi connectivity index (χ0v) is 11.5. The van der Waals surface area contributed by atoms with Gasteiger partial charge in [0.05, 0.1) is 11.1 Å². The van der Waals surface area contributed by atoms with E-state index in [0.29, 0.717) is 6.07 Å². The number of carboxylic acids is 1. The second kappa shape index (κ2) is 5.94. The van der Waals surface area contributed by atoms with Gasteiger partial charge in [0, 0.05) is 5.56 Å². The van der Waals surface area contributed by atoms with Crippen LogP contribution in [0, 0.1) is 34.9 Å². The van der Waals surface area contributed by atoms with Gasteiger partial charge in [-0.3, -0.25) is 0 Å². The maximum absolute atomic E-state index is 14.0. The van der Waals surface area contributed by atoms with Gasteiger partial charge in [0.15, 0.2) is 23.3 Å². The maximum Gasteiger partial charge on any atom is 0.336 e. The minimum Gasteiger partial charge on any atom is -0.478 e. The SMILES string of the molecule is CCc1ccc(F)c(-c2c(F)c(F)c(F)c(F)c2F)c1C(=O)O. The highest BCUT2D eigenvalue weighted by atomic mass is 19.2. The van der Waals surface area contributed by atoms with Gasteiger partial charge in [-0.25, -0.2) is 31.1 Å². The molecular formula is C15H8F6O2. The summed E-state index contributed by atoms with van der Waals surface area (Å²) in [6.07, 6.45) is 0.0459. The van der Waals surface area contributed by atoms with Crippen molar-refractivity contribution in [3.05, 3.63) is 58.2 Å². The lowest BCUT2D eigenvalue weighted by Crippen LogP contribution is -2.11. The van der Waals surface area contributed by atoms with Crippen molar-refractivity contribution in [1.29, 1.82) is 0 Å². The Hall–Kier alpha value is -2.51. The van der Waals surface area contributed by atoms with Gasteiger partial charge < -0.3 is 5.11 Å².